The Kier molecular flexibility index (Phi) is 3.14. The average molecular weight is 295 g/mol. The van der Waals surface area contributed by atoms with Crippen LogP contribution in [0, 0.1) is 6.92 Å². The van der Waals surface area contributed by atoms with Crippen molar-refractivity contribution in [2.24, 2.45) is 10.9 Å². The number of hydrogen-bond acceptors (Lipinski definition) is 3. The smallest absolute Gasteiger partial charge is 0.171 e. The van der Waals surface area contributed by atoms with Crippen LogP contribution in [0.2, 0.25) is 0 Å². The van der Waals surface area contributed by atoms with Gasteiger partial charge in [0.1, 0.15) is 0 Å². The van der Waals surface area contributed by atoms with Crippen LogP contribution >= 0.6 is 15.9 Å². The Bertz CT molecular complexity index is 577. The van der Waals surface area contributed by atoms with E-state index in [0.29, 0.717) is 5.56 Å². The molecule has 2 aromatic rings. The van der Waals surface area contributed by atoms with Gasteiger partial charge in [-0.1, -0.05) is 5.16 Å². The van der Waals surface area contributed by atoms with Gasteiger partial charge in [0, 0.05) is 16.2 Å². The number of aromatic nitrogens is 2. The maximum atomic E-state index is 8.63. The van der Waals surface area contributed by atoms with E-state index in [1.54, 1.807) is 16.9 Å². The molecule has 5 nitrogen and oxygen atoms in total. The van der Waals surface area contributed by atoms with Gasteiger partial charge in [-0.15, -0.1) is 0 Å². The van der Waals surface area contributed by atoms with Crippen LogP contribution in [-0.4, -0.2) is 20.8 Å². The predicted octanol–water partition coefficient (Wildman–Crippen LogP) is 2.04. The molecule has 6 heteroatoms. The van der Waals surface area contributed by atoms with Crippen LogP contribution in [0.1, 0.15) is 11.1 Å². The molecule has 0 aliphatic rings. The number of halogens is 1. The molecule has 0 saturated carbocycles. The maximum Gasteiger partial charge on any atom is 0.171 e. The lowest BCUT2D eigenvalue weighted by Crippen LogP contribution is -2.14. The Morgan fingerprint density at radius 3 is 2.82 bits per heavy atom. The Balaban J connectivity index is 2.44. The van der Waals surface area contributed by atoms with Crippen LogP contribution in [0.15, 0.2) is 40.2 Å². The van der Waals surface area contributed by atoms with E-state index in [1.807, 2.05) is 25.3 Å². The number of nitrogens with two attached hydrogens (primary N) is 1. The Morgan fingerprint density at radius 1 is 1.53 bits per heavy atom. The topological polar surface area (TPSA) is 76.4 Å². The Morgan fingerprint density at radius 2 is 2.29 bits per heavy atom. The number of aryl methyl sites for hydroxylation is 1. The number of benzene rings is 1. The van der Waals surface area contributed by atoms with Crippen LogP contribution in [0.4, 0.5) is 0 Å². The van der Waals surface area contributed by atoms with Gasteiger partial charge in [0.25, 0.3) is 0 Å². The maximum absolute atomic E-state index is 8.63. The van der Waals surface area contributed by atoms with Crippen molar-refractivity contribution < 1.29 is 5.21 Å². The van der Waals surface area contributed by atoms with Crippen molar-refractivity contribution in [1.82, 2.24) is 9.78 Å². The van der Waals surface area contributed by atoms with Gasteiger partial charge in [0.15, 0.2) is 5.84 Å². The molecule has 0 amide bonds. The fraction of sp³-hybridized carbons (Fsp3) is 0.0909. The fourth-order valence-electron chi connectivity index (χ4n) is 1.46. The molecule has 0 atom stereocenters. The molecule has 0 saturated heterocycles. The summed E-state index contributed by atoms with van der Waals surface area (Å²) in [5.41, 5.74) is 8.16. The van der Waals surface area contributed by atoms with Gasteiger partial charge in [-0.25, -0.2) is 4.68 Å². The summed E-state index contributed by atoms with van der Waals surface area (Å²) in [4.78, 5) is 0. The SMILES string of the molecule is Cc1cnn(-c2ccc(/C(N)=N/O)c(Br)c2)c1. The second-order valence-corrected chi connectivity index (χ2v) is 4.47. The number of nitrogens with zero attached hydrogens (tertiary/aromatic N) is 3. The molecule has 0 unspecified atom stereocenters. The highest BCUT2D eigenvalue weighted by atomic mass is 79.9. The van der Waals surface area contributed by atoms with Gasteiger partial charge in [-0.2, -0.15) is 5.10 Å². The predicted molar refractivity (Wildman–Crippen MR) is 68.5 cm³/mol. The molecule has 1 heterocycles. The molecule has 17 heavy (non-hydrogen) atoms. The molecule has 0 radical (unpaired) electrons. The molecule has 88 valence electrons. The molecule has 1 aromatic heterocycles. The number of rotatable bonds is 2. The van der Waals surface area contributed by atoms with Crippen LogP contribution in [0.5, 0.6) is 0 Å². The van der Waals surface area contributed by atoms with Crippen molar-refractivity contribution in [2.75, 3.05) is 0 Å². The van der Waals surface area contributed by atoms with E-state index in [9.17, 15) is 0 Å². The lowest BCUT2D eigenvalue weighted by Gasteiger charge is -2.06. The summed E-state index contributed by atoms with van der Waals surface area (Å²) >= 11 is 3.38. The first-order chi connectivity index (χ1) is 8.11. The van der Waals surface area contributed by atoms with E-state index in [4.69, 9.17) is 10.9 Å². The quantitative estimate of drug-likeness (QED) is 0.385. The highest BCUT2D eigenvalue weighted by Crippen LogP contribution is 2.20. The van der Waals surface area contributed by atoms with Crippen molar-refractivity contribution in [3.05, 3.63) is 46.2 Å². The van der Waals surface area contributed by atoms with E-state index < -0.39 is 0 Å². The molecule has 0 spiro atoms. The van der Waals surface area contributed by atoms with E-state index in [1.165, 1.54) is 0 Å². The van der Waals surface area contributed by atoms with Crippen molar-refractivity contribution in [3.8, 4) is 5.69 Å². The van der Waals surface area contributed by atoms with Crippen LogP contribution in [-0.2, 0) is 0 Å². The molecule has 0 aliphatic heterocycles. The summed E-state index contributed by atoms with van der Waals surface area (Å²) in [5.74, 6) is 0.0695. The first kappa shape index (κ1) is 11.7. The van der Waals surface area contributed by atoms with Crippen molar-refractivity contribution in [2.45, 2.75) is 6.92 Å². The molecule has 2 rings (SSSR count). The zero-order chi connectivity index (χ0) is 12.4. The second-order valence-electron chi connectivity index (χ2n) is 3.61. The standard InChI is InChI=1S/C11H11BrN4O/c1-7-5-14-16(6-7)8-2-3-9(10(12)4-8)11(13)15-17/h2-6,17H,1H3,(H2,13,15). The van der Waals surface area contributed by atoms with Gasteiger partial charge in [-0.05, 0) is 46.6 Å². The summed E-state index contributed by atoms with van der Waals surface area (Å²) in [6, 6.07) is 5.48. The summed E-state index contributed by atoms with van der Waals surface area (Å²) in [7, 11) is 0. The summed E-state index contributed by atoms with van der Waals surface area (Å²) in [6.45, 7) is 1.98. The van der Waals surface area contributed by atoms with Crippen LogP contribution in [0.25, 0.3) is 5.69 Å². The highest BCUT2D eigenvalue weighted by Gasteiger charge is 2.07. The molecule has 1 aromatic carbocycles. The van der Waals surface area contributed by atoms with Gasteiger partial charge in [-0.3, -0.25) is 0 Å². The molecule has 3 N–H and O–H groups in total. The van der Waals surface area contributed by atoms with Gasteiger partial charge >= 0.3 is 0 Å². The molecule has 0 fully saturated rings. The van der Waals surface area contributed by atoms with Crippen LogP contribution in [0.3, 0.4) is 0 Å². The number of hydrogen-bond donors (Lipinski definition) is 2. The van der Waals surface area contributed by atoms with Crippen molar-refractivity contribution >= 4 is 21.8 Å². The monoisotopic (exact) mass is 294 g/mol. The van der Waals surface area contributed by atoms with Gasteiger partial charge < -0.3 is 10.9 Å². The molecular formula is C11H11BrN4O. The summed E-state index contributed by atoms with van der Waals surface area (Å²) in [6.07, 6.45) is 3.70. The van der Waals surface area contributed by atoms with E-state index in [0.717, 1.165) is 15.7 Å². The normalized spacial score (nSPS) is 11.8. The Hall–Kier alpha value is -1.82. The lowest BCUT2D eigenvalue weighted by atomic mass is 10.2. The lowest BCUT2D eigenvalue weighted by molar-refractivity contribution is 0.318. The number of amidine groups is 1. The third kappa shape index (κ3) is 2.31. The zero-order valence-corrected chi connectivity index (χ0v) is 10.7. The third-order valence-electron chi connectivity index (χ3n) is 2.31. The van der Waals surface area contributed by atoms with Crippen LogP contribution < -0.4 is 5.73 Å². The molecule has 0 bridgehead atoms. The molecule has 0 aliphatic carbocycles. The minimum absolute atomic E-state index is 0.0695. The van der Waals surface area contributed by atoms with Crippen molar-refractivity contribution in [3.63, 3.8) is 0 Å². The third-order valence-corrected chi connectivity index (χ3v) is 2.97. The minimum atomic E-state index is 0.0695. The highest BCUT2D eigenvalue weighted by molar-refractivity contribution is 9.10. The van der Waals surface area contributed by atoms with Crippen molar-refractivity contribution in [1.29, 1.82) is 0 Å². The average Bonchev–Trinajstić information content (AvgIpc) is 2.75. The van der Waals surface area contributed by atoms with E-state index >= 15 is 0 Å². The largest absolute Gasteiger partial charge is 0.409 e. The summed E-state index contributed by atoms with van der Waals surface area (Å²) < 4.78 is 2.51. The van der Waals surface area contributed by atoms with E-state index in [2.05, 4.69) is 26.2 Å². The van der Waals surface area contributed by atoms with Gasteiger partial charge in [0.2, 0.25) is 0 Å². The zero-order valence-electron chi connectivity index (χ0n) is 9.13. The Labute approximate surface area is 107 Å². The second kappa shape index (κ2) is 4.58. The van der Waals surface area contributed by atoms with Gasteiger partial charge in [0.05, 0.1) is 11.9 Å². The minimum Gasteiger partial charge on any atom is -0.409 e. The fourth-order valence-corrected chi connectivity index (χ4v) is 2.03. The first-order valence-corrected chi connectivity index (χ1v) is 5.70. The van der Waals surface area contributed by atoms with E-state index in [-0.39, 0.29) is 5.84 Å². The first-order valence-electron chi connectivity index (χ1n) is 4.91. The summed E-state index contributed by atoms with van der Waals surface area (Å²) in [5, 5.41) is 15.8. The number of oxime groups is 1. The molecular weight excluding hydrogens is 284 g/mol.